The minimum absolute atomic E-state index is 0.0834. The molecule has 2 rings (SSSR count). The third-order valence-electron chi connectivity index (χ3n) is 3.40. The van der Waals surface area contributed by atoms with Crippen LogP contribution in [0.15, 0.2) is 30.5 Å². The molecule has 114 valence electrons. The molecule has 1 aromatic carbocycles. The van der Waals surface area contributed by atoms with Gasteiger partial charge in [-0.25, -0.2) is 0 Å². The number of benzene rings is 1. The number of nitrogens with two attached hydrogens (primary N) is 1. The quantitative estimate of drug-likeness (QED) is 0.610. The number of methoxy groups -OCH3 is 1. The molecule has 1 heterocycles. The summed E-state index contributed by atoms with van der Waals surface area (Å²) in [4.78, 5) is 0. The van der Waals surface area contributed by atoms with Gasteiger partial charge in [0.05, 0.1) is 30.1 Å². The fourth-order valence-corrected chi connectivity index (χ4v) is 2.61. The maximum atomic E-state index is 6.27. The molecule has 0 fully saturated rings. The van der Waals surface area contributed by atoms with E-state index in [0.717, 1.165) is 36.4 Å². The normalized spacial score (nSPS) is 12.4. The molecule has 1 atom stereocenters. The van der Waals surface area contributed by atoms with Crippen LogP contribution in [0, 0.1) is 0 Å². The van der Waals surface area contributed by atoms with Crippen molar-refractivity contribution in [1.82, 2.24) is 15.2 Å². The summed E-state index contributed by atoms with van der Waals surface area (Å²) in [6.07, 6.45) is 3.39. The fourth-order valence-electron chi connectivity index (χ4n) is 2.34. The fraction of sp³-hybridized carbons (Fsp3) is 0.400. The van der Waals surface area contributed by atoms with Crippen molar-refractivity contribution >= 4 is 11.6 Å². The standard InChI is InChI=1S/C15H21ClN4O/c1-3-8-20-15(13(16)10-18-20)14(19-17)9-11-4-6-12(21-2)7-5-11/h4-7,10,14,19H,3,8-9,17H2,1-2H3. The van der Waals surface area contributed by atoms with Crippen LogP contribution in [0.1, 0.15) is 30.6 Å². The lowest BCUT2D eigenvalue weighted by Crippen LogP contribution is -2.31. The van der Waals surface area contributed by atoms with Gasteiger partial charge in [0.25, 0.3) is 0 Å². The summed E-state index contributed by atoms with van der Waals surface area (Å²) >= 11 is 6.27. The van der Waals surface area contributed by atoms with Crippen LogP contribution in [-0.4, -0.2) is 16.9 Å². The molecular weight excluding hydrogens is 288 g/mol. The Labute approximate surface area is 130 Å². The zero-order valence-corrected chi connectivity index (χ0v) is 13.1. The lowest BCUT2D eigenvalue weighted by atomic mass is 10.0. The van der Waals surface area contributed by atoms with Crippen molar-refractivity contribution in [2.45, 2.75) is 32.4 Å². The van der Waals surface area contributed by atoms with Gasteiger partial charge in [-0.2, -0.15) is 5.10 Å². The van der Waals surface area contributed by atoms with Gasteiger partial charge < -0.3 is 4.74 Å². The molecule has 3 N–H and O–H groups in total. The molecule has 0 spiro atoms. The molecule has 0 aliphatic heterocycles. The highest BCUT2D eigenvalue weighted by molar-refractivity contribution is 6.31. The molecule has 0 saturated heterocycles. The Morgan fingerprint density at radius 2 is 2.10 bits per heavy atom. The van der Waals surface area contributed by atoms with E-state index in [1.807, 2.05) is 28.9 Å². The number of rotatable bonds is 7. The second-order valence-electron chi connectivity index (χ2n) is 4.87. The van der Waals surface area contributed by atoms with Gasteiger partial charge in [-0.1, -0.05) is 30.7 Å². The minimum atomic E-state index is -0.0834. The second kappa shape index (κ2) is 7.45. The Hall–Kier alpha value is -1.56. The van der Waals surface area contributed by atoms with Crippen molar-refractivity contribution in [2.75, 3.05) is 7.11 Å². The molecule has 6 heteroatoms. The average molecular weight is 309 g/mol. The Morgan fingerprint density at radius 1 is 1.38 bits per heavy atom. The van der Waals surface area contributed by atoms with Crippen LogP contribution in [0.4, 0.5) is 0 Å². The average Bonchev–Trinajstić information content (AvgIpc) is 2.87. The molecule has 1 aromatic heterocycles. The van der Waals surface area contributed by atoms with Crippen LogP contribution in [0.2, 0.25) is 5.02 Å². The lowest BCUT2D eigenvalue weighted by molar-refractivity contribution is 0.414. The van der Waals surface area contributed by atoms with E-state index >= 15 is 0 Å². The predicted molar refractivity (Wildman–Crippen MR) is 84.3 cm³/mol. The SMILES string of the molecule is CCCn1ncc(Cl)c1C(Cc1ccc(OC)cc1)NN. The van der Waals surface area contributed by atoms with Crippen LogP contribution < -0.4 is 16.0 Å². The molecule has 0 aliphatic rings. The molecule has 2 aromatic rings. The molecule has 5 nitrogen and oxygen atoms in total. The van der Waals surface area contributed by atoms with Gasteiger partial charge in [0.1, 0.15) is 5.75 Å². The van der Waals surface area contributed by atoms with Crippen molar-refractivity contribution in [3.63, 3.8) is 0 Å². The first-order valence-electron chi connectivity index (χ1n) is 6.99. The Kier molecular flexibility index (Phi) is 5.61. The number of hydrogen-bond donors (Lipinski definition) is 2. The van der Waals surface area contributed by atoms with Crippen molar-refractivity contribution in [3.05, 3.63) is 46.7 Å². The molecule has 0 bridgehead atoms. The molecule has 0 radical (unpaired) electrons. The van der Waals surface area contributed by atoms with Gasteiger partial charge in [0, 0.05) is 6.54 Å². The van der Waals surface area contributed by atoms with Crippen LogP contribution in [0.5, 0.6) is 5.75 Å². The third kappa shape index (κ3) is 3.75. The number of nitrogens with zero attached hydrogens (tertiary/aromatic N) is 2. The number of nitrogens with one attached hydrogen (secondary N) is 1. The Balaban J connectivity index is 2.21. The van der Waals surface area contributed by atoms with E-state index in [2.05, 4.69) is 17.4 Å². The summed E-state index contributed by atoms with van der Waals surface area (Å²) in [5.41, 5.74) is 4.92. The number of halogens is 1. The van der Waals surface area contributed by atoms with Crippen molar-refractivity contribution < 1.29 is 4.74 Å². The van der Waals surface area contributed by atoms with Crippen LogP contribution in [-0.2, 0) is 13.0 Å². The Bertz CT molecular complexity index is 568. The van der Waals surface area contributed by atoms with E-state index in [0.29, 0.717) is 5.02 Å². The molecule has 1 unspecified atom stereocenters. The van der Waals surface area contributed by atoms with Crippen LogP contribution in [0.25, 0.3) is 0 Å². The largest absolute Gasteiger partial charge is 0.497 e. The van der Waals surface area contributed by atoms with Gasteiger partial charge >= 0.3 is 0 Å². The number of aromatic nitrogens is 2. The molecule has 0 saturated carbocycles. The topological polar surface area (TPSA) is 65.1 Å². The number of hydrogen-bond acceptors (Lipinski definition) is 4. The maximum Gasteiger partial charge on any atom is 0.118 e. The van der Waals surface area contributed by atoms with Gasteiger partial charge in [-0.05, 0) is 30.5 Å². The summed E-state index contributed by atoms with van der Waals surface area (Å²) in [7, 11) is 1.66. The third-order valence-corrected chi connectivity index (χ3v) is 3.69. The van der Waals surface area contributed by atoms with Crippen LogP contribution >= 0.6 is 11.6 Å². The van der Waals surface area contributed by atoms with E-state index < -0.39 is 0 Å². The highest BCUT2D eigenvalue weighted by Gasteiger charge is 2.19. The first-order chi connectivity index (χ1) is 10.2. The minimum Gasteiger partial charge on any atom is -0.497 e. The molecular formula is C15H21ClN4O. The van der Waals surface area contributed by atoms with Gasteiger partial charge in [-0.15, -0.1) is 0 Å². The zero-order chi connectivity index (χ0) is 15.2. The monoisotopic (exact) mass is 308 g/mol. The van der Waals surface area contributed by atoms with Crippen molar-refractivity contribution in [3.8, 4) is 5.75 Å². The summed E-state index contributed by atoms with van der Waals surface area (Å²) in [5, 5.41) is 4.95. The summed E-state index contributed by atoms with van der Waals surface area (Å²) in [5.74, 6) is 6.57. The van der Waals surface area contributed by atoms with Crippen LogP contribution in [0.3, 0.4) is 0 Å². The smallest absolute Gasteiger partial charge is 0.118 e. The molecule has 0 amide bonds. The van der Waals surface area contributed by atoms with Gasteiger partial charge in [-0.3, -0.25) is 16.0 Å². The molecule has 0 aliphatic carbocycles. The first-order valence-corrected chi connectivity index (χ1v) is 7.37. The van der Waals surface area contributed by atoms with Gasteiger partial charge in [0.2, 0.25) is 0 Å². The van der Waals surface area contributed by atoms with E-state index in [9.17, 15) is 0 Å². The summed E-state index contributed by atoms with van der Waals surface area (Å²) in [6.45, 7) is 2.93. The highest BCUT2D eigenvalue weighted by Crippen LogP contribution is 2.26. The van der Waals surface area contributed by atoms with E-state index in [-0.39, 0.29) is 6.04 Å². The lowest BCUT2D eigenvalue weighted by Gasteiger charge is -2.18. The van der Waals surface area contributed by atoms with Crippen molar-refractivity contribution in [1.29, 1.82) is 0 Å². The van der Waals surface area contributed by atoms with Gasteiger partial charge in [0.15, 0.2) is 0 Å². The number of ether oxygens (including phenoxy) is 1. The predicted octanol–water partition coefficient (Wildman–Crippen LogP) is 2.70. The number of aryl methyl sites for hydroxylation is 1. The zero-order valence-electron chi connectivity index (χ0n) is 12.3. The maximum absolute atomic E-state index is 6.27. The van der Waals surface area contributed by atoms with E-state index in [1.165, 1.54) is 0 Å². The Morgan fingerprint density at radius 3 is 2.67 bits per heavy atom. The number of hydrazine groups is 1. The van der Waals surface area contributed by atoms with Crippen molar-refractivity contribution in [2.24, 2.45) is 5.84 Å². The molecule has 21 heavy (non-hydrogen) atoms. The highest BCUT2D eigenvalue weighted by atomic mass is 35.5. The van der Waals surface area contributed by atoms with E-state index in [1.54, 1.807) is 13.3 Å². The van der Waals surface area contributed by atoms with E-state index in [4.69, 9.17) is 22.2 Å². The summed E-state index contributed by atoms with van der Waals surface area (Å²) < 4.78 is 7.08. The second-order valence-corrected chi connectivity index (χ2v) is 5.28. The first kappa shape index (κ1) is 15.8. The summed E-state index contributed by atoms with van der Waals surface area (Å²) in [6, 6.07) is 7.84.